The van der Waals surface area contributed by atoms with Crippen molar-refractivity contribution in [2.24, 2.45) is 0 Å². The van der Waals surface area contributed by atoms with Gasteiger partial charge in [0.2, 0.25) is 0 Å². The van der Waals surface area contributed by atoms with E-state index in [-0.39, 0.29) is 0 Å². The quantitative estimate of drug-likeness (QED) is 0.382. The fourth-order valence-corrected chi connectivity index (χ4v) is 4.78. The molecule has 0 fully saturated rings. The molecule has 0 amide bonds. The minimum atomic E-state index is -3.23. The molecule has 0 N–H and O–H groups in total. The van der Waals surface area contributed by atoms with Crippen LogP contribution in [-0.2, 0) is 18.0 Å². The lowest BCUT2D eigenvalue weighted by Crippen LogP contribution is -2.31. The van der Waals surface area contributed by atoms with E-state index in [1.807, 2.05) is 19.6 Å². The van der Waals surface area contributed by atoms with Crippen molar-refractivity contribution in [3.63, 3.8) is 0 Å². The minimum Gasteiger partial charge on any atom is -0.401 e. The highest BCUT2D eigenvalue weighted by Gasteiger charge is 2.37. The summed E-state index contributed by atoms with van der Waals surface area (Å²) < 4.78 is 28.6. The zero-order valence-electron chi connectivity index (χ0n) is 10.9. The van der Waals surface area contributed by atoms with Gasteiger partial charge in [-0.3, -0.25) is 4.57 Å². The molecule has 0 bridgehead atoms. The van der Waals surface area contributed by atoms with Crippen LogP contribution in [0.25, 0.3) is 0 Å². The summed E-state index contributed by atoms with van der Waals surface area (Å²) in [6, 6.07) is 0. The third-order valence-corrected chi connectivity index (χ3v) is 4.94. The maximum atomic E-state index is 12.4. The van der Waals surface area contributed by atoms with Crippen LogP contribution in [-0.4, -0.2) is 27.4 Å². The van der Waals surface area contributed by atoms with Crippen LogP contribution in [0.3, 0.4) is 0 Å². The smallest absolute Gasteiger partial charge is 0.361 e. The van der Waals surface area contributed by atoms with Crippen LogP contribution >= 0.6 is 7.60 Å². The van der Waals surface area contributed by atoms with Crippen molar-refractivity contribution in [2.45, 2.75) is 39.3 Å². The van der Waals surface area contributed by atoms with Gasteiger partial charge < -0.3 is 13.5 Å². The van der Waals surface area contributed by atoms with Gasteiger partial charge in [0.25, 0.3) is 0 Å². The van der Waals surface area contributed by atoms with Crippen LogP contribution in [0.5, 0.6) is 0 Å². The Hall–Kier alpha value is 0.0669. The summed E-state index contributed by atoms with van der Waals surface area (Å²) in [5, 5.41) is 0. The van der Waals surface area contributed by atoms with Gasteiger partial charge in [-0.05, 0) is 33.5 Å². The van der Waals surface area contributed by atoms with Crippen LogP contribution in [0.2, 0.25) is 19.6 Å². The molecule has 0 aliphatic rings. The first kappa shape index (κ1) is 16.1. The van der Waals surface area contributed by atoms with Crippen molar-refractivity contribution < 1.29 is 18.0 Å². The molecular formula is C10H23O4PSi. The minimum absolute atomic E-state index is 0.330. The molecule has 6 heteroatoms. The van der Waals surface area contributed by atoms with Gasteiger partial charge in [-0.25, -0.2) is 0 Å². The SMILES string of the molecule is C=CC(O[Si](C)(C)C)P(=O)(OCC)OCC. The molecule has 96 valence electrons. The lowest BCUT2D eigenvalue weighted by atomic mass is 10.7. The van der Waals surface area contributed by atoms with Crippen molar-refractivity contribution in [1.82, 2.24) is 0 Å². The van der Waals surface area contributed by atoms with Crippen LogP contribution in [0, 0.1) is 0 Å². The summed E-state index contributed by atoms with van der Waals surface area (Å²) >= 11 is 0. The highest BCUT2D eigenvalue weighted by Crippen LogP contribution is 2.54. The molecule has 0 aliphatic carbocycles. The van der Waals surface area contributed by atoms with E-state index in [1.165, 1.54) is 6.08 Å². The van der Waals surface area contributed by atoms with Crippen molar-refractivity contribution in [1.29, 1.82) is 0 Å². The summed E-state index contributed by atoms with van der Waals surface area (Å²) in [7, 11) is -5.04. The molecular weight excluding hydrogens is 243 g/mol. The normalized spacial score (nSPS) is 14.8. The molecule has 0 aliphatic heterocycles. The van der Waals surface area contributed by atoms with Crippen LogP contribution in [0.1, 0.15) is 13.8 Å². The fraction of sp³-hybridized carbons (Fsp3) is 0.800. The van der Waals surface area contributed by atoms with Gasteiger partial charge in [-0.15, -0.1) is 0 Å². The first-order valence-electron chi connectivity index (χ1n) is 5.48. The zero-order chi connectivity index (χ0) is 12.8. The van der Waals surface area contributed by atoms with Gasteiger partial charge in [0.1, 0.15) is 0 Å². The summed E-state index contributed by atoms with van der Waals surface area (Å²) in [5.41, 5.74) is 0. The predicted octanol–water partition coefficient (Wildman–Crippen LogP) is 3.62. The summed E-state index contributed by atoms with van der Waals surface area (Å²) in [4.78, 5) is 0. The predicted molar refractivity (Wildman–Crippen MR) is 69.3 cm³/mol. The largest absolute Gasteiger partial charge is 0.401 e. The van der Waals surface area contributed by atoms with E-state index >= 15 is 0 Å². The van der Waals surface area contributed by atoms with Gasteiger partial charge >= 0.3 is 7.60 Å². The van der Waals surface area contributed by atoms with Crippen molar-refractivity contribution in [2.75, 3.05) is 13.2 Å². The molecule has 0 radical (unpaired) electrons. The molecule has 0 heterocycles. The fourth-order valence-electron chi connectivity index (χ4n) is 1.15. The molecule has 0 aromatic carbocycles. The van der Waals surface area contributed by atoms with E-state index in [0.29, 0.717) is 13.2 Å². The maximum Gasteiger partial charge on any atom is 0.361 e. The molecule has 16 heavy (non-hydrogen) atoms. The van der Waals surface area contributed by atoms with Crippen LogP contribution < -0.4 is 0 Å². The average Bonchev–Trinajstić information content (AvgIpc) is 2.13. The van der Waals surface area contributed by atoms with E-state index in [4.69, 9.17) is 13.5 Å². The molecule has 0 saturated carbocycles. The van der Waals surface area contributed by atoms with E-state index in [2.05, 4.69) is 6.58 Å². The number of hydrogen-bond donors (Lipinski definition) is 0. The third-order valence-electron chi connectivity index (χ3n) is 1.61. The second-order valence-electron chi connectivity index (χ2n) is 4.23. The Bertz CT molecular complexity index is 252. The average molecular weight is 266 g/mol. The topological polar surface area (TPSA) is 44.8 Å². The van der Waals surface area contributed by atoms with E-state index in [1.54, 1.807) is 13.8 Å². The Morgan fingerprint density at radius 1 is 1.25 bits per heavy atom. The Morgan fingerprint density at radius 2 is 1.69 bits per heavy atom. The Balaban J connectivity index is 4.85. The molecule has 1 atom stereocenters. The van der Waals surface area contributed by atoms with Gasteiger partial charge in [-0.2, -0.15) is 0 Å². The summed E-state index contributed by atoms with van der Waals surface area (Å²) in [6.07, 6.45) is 1.50. The lowest BCUT2D eigenvalue weighted by Gasteiger charge is -2.29. The van der Waals surface area contributed by atoms with E-state index in [0.717, 1.165) is 0 Å². The Labute approximate surface area is 99.6 Å². The molecule has 0 aromatic heterocycles. The summed E-state index contributed by atoms with van der Waals surface area (Å²) in [6.45, 7) is 13.9. The van der Waals surface area contributed by atoms with Gasteiger partial charge in [0.05, 0.1) is 13.2 Å². The molecule has 0 spiro atoms. The van der Waals surface area contributed by atoms with Crippen LogP contribution in [0.4, 0.5) is 0 Å². The second kappa shape index (κ2) is 6.72. The van der Waals surface area contributed by atoms with Crippen molar-refractivity contribution in [3.8, 4) is 0 Å². The molecule has 1 unspecified atom stereocenters. The highest BCUT2D eigenvalue weighted by molar-refractivity contribution is 7.54. The first-order chi connectivity index (χ1) is 7.29. The number of rotatable bonds is 8. The van der Waals surface area contributed by atoms with Crippen LogP contribution in [0.15, 0.2) is 12.7 Å². The molecule has 0 aromatic rings. The maximum absolute atomic E-state index is 12.4. The van der Waals surface area contributed by atoms with Gasteiger partial charge in [-0.1, -0.05) is 12.7 Å². The standard InChI is InChI=1S/C10H23O4PSi/c1-7-10(14-16(4,5)6)15(11,12-8-2)13-9-3/h7,10H,1,8-9H2,2-6H3. The molecule has 0 rings (SSSR count). The van der Waals surface area contributed by atoms with Crippen molar-refractivity contribution >= 4 is 15.9 Å². The Morgan fingerprint density at radius 3 is 1.94 bits per heavy atom. The molecule has 4 nitrogen and oxygen atoms in total. The van der Waals surface area contributed by atoms with Crippen molar-refractivity contribution in [3.05, 3.63) is 12.7 Å². The molecule has 0 saturated heterocycles. The van der Waals surface area contributed by atoms with Gasteiger partial charge in [0, 0.05) is 0 Å². The summed E-state index contributed by atoms with van der Waals surface area (Å²) in [5.74, 6) is -0.668. The van der Waals surface area contributed by atoms with E-state index < -0.39 is 21.8 Å². The monoisotopic (exact) mass is 266 g/mol. The third kappa shape index (κ3) is 5.41. The lowest BCUT2D eigenvalue weighted by molar-refractivity contribution is 0.175. The highest BCUT2D eigenvalue weighted by atomic mass is 31.2. The van der Waals surface area contributed by atoms with E-state index in [9.17, 15) is 4.57 Å². The van der Waals surface area contributed by atoms with Gasteiger partial charge in [0.15, 0.2) is 14.2 Å². The zero-order valence-corrected chi connectivity index (χ0v) is 12.8. The first-order valence-corrected chi connectivity index (χ1v) is 10.5. The number of hydrogen-bond acceptors (Lipinski definition) is 4. The second-order valence-corrected chi connectivity index (χ2v) is 10.8. The Kier molecular flexibility index (Phi) is 6.75.